The van der Waals surface area contributed by atoms with E-state index < -0.39 is 16.4 Å². The zero-order valence-electron chi connectivity index (χ0n) is 11.3. The van der Waals surface area contributed by atoms with Gasteiger partial charge in [-0.2, -0.15) is 0 Å². The molecule has 0 aliphatic heterocycles. The molecule has 7 heteroatoms. The van der Waals surface area contributed by atoms with Crippen LogP contribution in [0.3, 0.4) is 0 Å². The van der Waals surface area contributed by atoms with Gasteiger partial charge in [-0.3, -0.25) is 4.79 Å². The summed E-state index contributed by atoms with van der Waals surface area (Å²) in [4.78, 5) is 10.7. The number of aliphatic hydroxyl groups is 1. The Morgan fingerprint density at radius 2 is 2.05 bits per heavy atom. The van der Waals surface area contributed by atoms with Crippen LogP contribution in [0.4, 0.5) is 0 Å². The molecule has 0 aliphatic carbocycles. The molecule has 0 fully saturated rings. The third-order valence-corrected chi connectivity index (χ3v) is 4.59. The number of aldehydes is 1. The summed E-state index contributed by atoms with van der Waals surface area (Å²) in [7, 11) is -2.13. The van der Waals surface area contributed by atoms with Crippen molar-refractivity contribution >= 4 is 16.1 Å². The van der Waals surface area contributed by atoms with Crippen LogP contribution in [0.25, 0.3) is 11.3 Å². The van der Waals surface area contributed by atoms with E-state index in [0.29, 0.717) is 23.4 Å². The van der Waals surface area contributed by atoms with Crippen LogP contribution < -0.4 is 4.74 Å². The van der Waals surface area contributed by atoms with Gasteiger partial charge in [0.15, 0.2) is 21.9 Å². The van der Waals surface area contributed by atoms with Crippen molar-refractivity contribution < 1.29 is 27.5 Å². The van der Waals surface area contributed by atoms with Crippen LogP contribution in [0, 0.1) is 0 Å². The zero-order valence-corrected chi connectivity index (χ0v) is 12.1. The van der Waals surface area contributed by atoms with Gasteiger partial charge in [0.2, 0.25) is 0 Å². The Morgan fingerprint density at radius 3 is 2.62 bits per heavy atom. The van der Waals surface area contributed by atoms with Gasteiger partial charge in [0, 0.05) is 0 Å². The molecule has 1 N–H and O–H groups in total. The fourth-order valence-corrected chi connectivity index (χ4v) is 2.92. The van der Waals surface area contributed by atoms with Crippen molar-refractivity contribution in [1.29, 1.82) is 0 Å². The molecule has 0 amide bonds. The van der Waals surface area contributed by atoms with Crippen LogP contribution in [0.1, 0.15) is 10.6 Å². The first-order valence-corrected chi connectivity index (χ1v) is 7.74. The van der Waals surface area contributed by atoms with Crippen molar-refractivity contribution in [3.8, 4) is 17.1 Å². The highest BCUT2D eigenvalue weighted by atomic mass is 32.2. The van der Waals surface area contributed by atoms with Gasteiger partial charge < -0.3 is 14.3 Å². The number of benzene rings is 1. The average molecular weight is 310 g/mol. The van der Waals surface area contributed by atoms with E-state index in [9.17, 15) is 13.2 Å². The number of methoxy groups -OCH3 is 1. The molecule has 0 unspecified atom stereocenters. The average Bonchev–Trinajstić information content (AvgIpc) is 2.95. The third-order valence-electron chi connectivity index (χ3n) is 2.90. The van der Waals surface area contributed by atoms with E-state index in [0.717, 1.165) is 0 Å². The SMILES string of the molecule is COc1ccc(S(=O)(=O)CCO)cc1-c1ccc(C=O)o1. The fraction of sp³-hybridized carbons (Fsp3) is 0.214. The van der Waals surface area contributed by atoms with Gasteiger partial charge in [-0.15, -0.1) is 0 Å². The number of sulfone groups is 1. The number of carbonyl (C=O) groups excluding carboxylic acids is 1. The number of carbonyl (C=O) groups is 1. The first-order chi connectivity index (χ1) is 10.0. The van der Waals surface area contributed by atoms with E-state index in [2.05, 4.69) is 0 Å². The van der Waals surface area contributed by atoms with Gasteiger partial charge in [-0.1, -0.05) is 0 Å². The highest BCUT2D eigenvalue weighted by molar-refractivity contribution is 7.91. The second kappa shape index (κ2) is 6.11. The summed E-state index contributed by atoms with van der Waals surface area (Å²) >= 11 is 0. The molecule has 1 aromatic heterocycles. The van der Waals surface area contributed by atoms with Crippen molar-refractivity contribution in [1.82, 2.24) is 0 Å². The molecule has 2 aromatic rings. The highest BCUT2D eigenvalue weighted by Crippen LogP contribution is 2.33. The molecule has 0 spiro atoms. The molecule has 21 heavy (non-hydrogen) atoms. The lowest BCUT2D eigenvalue weighted by Crippen LogP contribution is -2.10. The largest absolute Gasteiger partial charge is 0.496 e. The Balaban J connectivity index is 2.55. The normalized spacial score (nSPS) is 11.3. The maximum absolute atomic E-state index is 12.0. The first kappa shape index (κ1) is 15.3. The van der Waals surface area contributed by atoms with Crippen LogP contribution >= 0.6 is 0 Å². The van der Waals surface area contributed by atoms with Crippen LogP contribution in [0.15, 0.2) is 39.6 Å². The smallest absolute Gasteiger partial charge is 0.185 e. The highest BCUT2D eigenvalue weighted by Gasteiger charge is 2.18. The summed E-state index contributed by atoms with van der Waals surface area (Å²) in [6.45, 7) is -0.459. The van der Waals surface area contributed by atoms with E-state index in [1.54, 1.807) is 6.07 Å². The van der Waals surface area contributed by atoms with Crippen molar-refractivity contribution in [2.75, 3.05) is 19.5 Å². The molecule has 1 heterocycles. The maximum atomic E-state index is 12.0. The summed E-state index contributed by atoms with van der Waals surface area (Å²) < 4.78 is 34.5. The number of aliphatic hydroxyl groups excluding tert-OH is 1. The lowest BCUT2D eigenvalue weighted by atomic mass is 10.1. The fourth-order valence-electron chi connectivity index (χ4n) is 1.87. The van der Waals surface area contributed by atoms with Crippen molar-refractivity contribution in [2.45, 2.75) is 4.90 Å². The Kier molecular flexibility index (Phi) is 4.44. The molecule has 1 aromatic carbocycles. The van der Waals surface area contributed by atoms with Crippen molar-refractivity contribution in [3.05, 3.63) is 36.1 Å². The van der Waals surface area contributed by atoms with Crippen LogP contribution in [0.5, 0.6) is 5.75 Å². The van der Waals surface area contributed by atoms with Crippen LogP contribution in [-0.2, 0) is 9.84 Å². The minimum atomic E-state index is -3.58. The molecular formula is C14H14O6S. The molecule has 112 valence electrons. The van der Waals surface area contributed by atoms with E-state index in [1.807, 2.05) is 0 Å². The molecule has 0 atom stereocenters. The summed E-state index contributed by atoms with van der Waals surface area (Å²) in [5.41, 5.74) is 0.421. The van der Waals surface area contributed by atoms with Gasteiger partial charge >= 0.3 is 0 Å². The Hall–Kier alpha value is -2.12. The molecule has 6 nitrogen and oxygen atoms in total. The number of furan rings is 1. The van der Waals surface area contributed by atoms with Gasteiger partial charge in [0.1, 0.15) is 11.5 Å². The third kappa shape index (κ3) is 3.14. The van der Waals surface area contributed by atoms with E-state index >= 15 is 0 Å². The summed E-state index contributed by atoms with van der Waals surface area (Å²) in [5, 5.41) is 8.82. The summed E-state index contributed by atoms with van der Waals surface area (Å²) in [5.74, 6) is 0.520. The number of rotatable bonds is 6. The summed E-state index contributed by atoms with van der Waals surface area (Å²) in [6.07, 6.45) is 0.558. The Labute approximate surface area is 121 Å². The zero-order chi connectivity index (χ0) is 15.5. The van der Waals surface area contributed by atoms with E-state index in [-0.39, 0.29) is 16.4 Å². The lowest BCUT2D eigenvalue weighted by molar-refractivity contribution is 0.110. The quantitative estimate of drug-likeness (QED) is 0.813. The molecule has 0 bridgehead atoms. The Morgan fingerprint density at radius 1 is 1.29 bits per heavy atom. The second-order valence-electron chi connectivity index (χ2n) is 4.22. The van der Waals surface area contributed by atoms with Crippen LogP contribution in [0.2, 0.25) is 0 Å². The monoisotopic (exact) mass is 310 g/mol. The first-order valence-electron chi connectivity index (χ1n) is 6.09. The molecule has 0 saturated heterocycles. The summed E-state index contributed by atoms with van der Waals surface area (Å²) in [6, 6.07) is 7.34. The minimum Gasteiger partial charge on any atom is -0.496 e. The molecule has 2 rings (SSSR count). The molecule has 0 radical (unpaired) electrons. The van der Waals surface area contributed by atoms with Crippen molar-refractivity contribution in [2.24, 2.45) is 0 Å². The maximum Gasteiger partial charge on any atom is 0.185 e. The molecular weight excluding hydrogens is 296 g/mol. The van der Waals surface area contributed by atoms with E-state index in [4.69, 9.17) is 14.3 Å². The second-order valence-corrected chi connectivity index (χ2v) is 6.33. The van der Waals surface area contributed by atoms with Crippen molar-refractivity contribution in [3.63, 3.8) is 0 Å². The van der Waals surface area contributed by atoms with Gasteiger partial charge in [-0.05, 0) is 30.3 Å². The number of hydrogen-bond acceptors (Lipinski definition) is 6. The van der Waals surface area contributed by atoms with Gasteiger partial charge in [-0.25, -0.2) is 8.42 Å². The van der Waals surface area contributed by atoms with E-state index in [1.165, 1.54) is 31.4 Å². The predicted octanol–water partition coefficient (Wildman–Crippen LogP) is 1.53. The molecule has 0 aliphatic rings. The number of ether oxygens (including phenoxy) is 1. The standard InChI is InChI=1S/C14H14O6S/c1-19-13-5-3-11(21(17,18)7-6-15)8-12(13)14-4-2-10(9-16)20-14/h2-5,8-9,15H,6-7H2,1H3. The lowest BCUT2D eigenvalue weighted by Gasteiger charge is -2.09. The van der Waals surface area contributed by atoms with Gasteiger partial charge in [0.25, 0.3) is 0 Å². The molecule has 0 saturated carbocycles. The Bertz CT molecular complexity index is 745. The van der Waals surface area contributed by atoms with Gasteiger partial charge in [0.05, 0.1) is 29.9 Å². The van der Waals surface area contributed by atoms with Crippen LogP contribution in [-0.4, -0.2) is 39.3 Å². The number of hydrogen-bond donors (Lipinski definition) is 1. The predicted molar refractivity (Wildman–Crippen MR) is 75.2 cm³/mol. The minimum absolute atomic E-state index is 0.0522. The topological polar surface area (TPSA) is 93.8 Å².